The summed E-state index contributed by atoms with van der Waals surface area (Å²) in [5, 5.41) is 23.5. The highest BCUT2D eigenvalue weighted by atomic mass is 16.5. The van der Waals surface area contributed by atoms with Gasteiger partial charge in [0.05, 0.1) is 17.1 Å². The molecule has 2 aromatic carbocycles. The number of benzene rings is 2. The molecule has 0 radical (unpaired) electrons. The molecule has 2 aromatic rings. The van der Waals surface area contributed by atoms with E-state index in [1.54, 1.807) is 6.07 Å². The summed E-state index contributed by atoms with van der Waals surface area (Å²) in [5.41, 5.74) is 2.52. The normalized spacial score (nSPS) is 33.4. The maximum Gasteiger partial charge on any atom is 0.253 e. The number of phenolic OH excluding ortho intramolecular Hbond substituents is 1. The Kier molecular flexibility index (Phi) is 5.14. The number of likely N-dealkylation sites (tertiary alicyclic amines) is 1. The molecule has 3 fully saturated rings. The monoisotopic (exact) mass is 516 g/mol. The number of piperidine rings is 1. The van der Waals surface area contributed by atoms with E-state index < -0.39 is 17.1 Å². The van der Waals surface area contributed by atoms with Crippen molar-refractivity contribution in [2.24, 2.45) is 5.92 Å². The molecule has 202 valence electrons. The quantitative estimate of drug-likeness (QED) is 0.631. The molecule has 1 saturated heterocycles. The van der Waals surface area contributed by atoms with E-state index in [4.69, 9.17) is 4.74 Å². The first-order valence-electron chi connectivity index (χ1n) is 14.4. The molecule has 38 heavy (non-hydrogen) atoms. The molecular weight excluding hydrogens is 476 g/mol. The zero-order chi connectivity index (χ0) is 26.6. The lowest BCUT2D eigenvalue weighted by molar-refractivity contribution is -0.197. The summed E-state index contributed by atoms with van der Waals surface area (Å²) in [4.78, 5) is 18.2. The third kappa shape index (κ3) is 3.22. The lowest BCUT2D eigenvalue weighted by Gasteiger charge is -2.64. The third-order valence-corrected chi connectivity index (χ3v) is 10.5. The predicted octanol–water partition coefficient (Wildman–Crippen LogP) is 4.39. The van der Waals surface area contributed by atoms with Crippen LogP contribution in [0.5, 0.6) is 11.5 Å². The van der Waals surface area contributed by atoms with Crippen molar-refractivity contribution < 1.29 is 19.7 Å². The van der Waals surface area contributed by atoms with Crippen molar-refractivity contribution in [3.8, 4) is 11.5 Å². The molecule has 2 saturated carbocycles. The van der Waals surface area contributed by atoms with Gasteiger partial charge in [-0.3, -0.25) is 9.69 Å². The first-order chi connectivity index (χ1) is 18.0. The van der Waals surface area contributed by atoms with Gasteiger partial charge in [0.1, 0.15) is 6.10 Å². The van der Waals surface area contributed by atoms with Gasteiger partial charge in [0.15, 0.2) is 11.5 Å². The molecule has 1 amide bonds. The summed E-state index contributed by atoms with van der Waals surface area (Å²) in [7, 11) is 1.88. The number of carbonyl (C=O) groups excluding carboxylic acids is 1. The van der Waals surface area contributed by atoms with E-state index in [0.717, 1.165) is 37.4 Å². The lowest BCUT2D eigenvalue weighted by Crippen LogP contribution is -2.78. The maximum atomic E-state index is 13.8. The molecule has 2 aliphatic heterocycles. The van der Waals surface area contributed by atoms with Gasteiger partial charge in [0.25, 0.3) is 5.91 Å². The standard InChI is InChI=1S/C32H40N2O4/c1-30(2,3)22-10-7-20(8-11-22)29(36)33(4)23-13-14-32(37)25-17-21-9-12-24(35)27-26(21)31(32,28(23)38-27)15-16-34(25)18-19-5-6-19/h7-12,19,23,25,28,35,37H,5-6,13-18H2,1-4H3/t23-,25-,28+,31?,32-/m1/s1. The number of amides is 1. The first-order valence-corrected chi connectivity index (χ1v) is 14.4. The van der Waals surface area contributed by atoms with Gasteiger partial charge < -0.3 is 19.8 Å². The molecule has 1 spiro atoms. The average Bonchev–Trinajstić information content (AvgIpc) is 3.63. The zero-order valence-electron chi connectivity index (χ0n) is 23.0. The third-order valence-electron chi connectivity index (χ3n) is 10.5. The highest BCUT2D eigenvalue weighted by molar-refractivity contribution is 5.94. The summed E-state index contributed by atoms with van der Waals surface area (Å²) in [6.45, 7) is 8.48. The molecule has 5 atom stereocenters. The summed E-state index contributed by atoms with van der Waals surface area (Å²) in [6, 6.07) is 11.6. The highest BCUT2D eigenvalue weighted by Gasteiger charge is 2.73. The van der Waals surface area contributed by atoms with E-state index in [2.05, 4.69) is 25.7 Å². The van der Waals surface area contributed by atoms with E-state index in [1.165, 1.54) is 24.0 Å². The van der Waals surface area contributed by atoms with Crippen LogP contribution in [0.2, 0.25) is 0 Å². The van der Waals surface area contributed by atoms with Gasteiger partial charge in [0, 0.05) is 30.8 Å². The fourth-order valence-corrected chi connectivity index (χ4v) is 8.32. The second kappa shape index (κ2) is 7.98. The number of aromatic hydroxyl groups is 1. The van der Waals surface area contributed by atoms with Gasteiger partial charge >= 0.3 is 0 Å². The Labute approximate surface area is 225 Å². The molecule has 6 heteroatoms. The van der Waals surface area contributed by atoms with Crippen molar-refractivity contribution in [3.63, 3.8) is 0 Å². The molecule has 2 bridgehead atoms. The number of ether oxygens (including phenoxy) is 1. The smallest absolute Gasteiger partial charge is 0.253 e. The summed E-state index contributed by atoms with van der Waals surface area (Å²) in [6.07, 6.45) is 5.04. The lowest BCUT2D eigenvalue weighted by atomic mass is 9.48. The number of aliphatic hydroxyl groups is 1. The van der Waals surface area contributed by atoms with E-state index >= 15 is 0 Å². The van der Waals surface area contributed by atoms with Gasteiger partial charge in [-0.15, -0.1) is 0 Å². The Hall–Kier alpha value is -2.57. The Morgan fingerprint density at radius 2 is 1.84 bits per heavy atom. The van der Waals surface area contributed by atoms with Crippen LogP contribution in [0.4, 0.5) is 0 Å². The van der Waals surface area contributed by atoms with E-state index in [9.17, 15) is 15.0 Å². The van der Waals surface area contributed by atoms with Crippen molar-refractivity contribution >= 4 is 5.91 Å². The number of hydrogen-bond donors (Lipinski definition) is 2. The molecule has 3 aliphatic carbocycles. The predicted molar refractivity (Wildman–Crippen MR) is 146 cm³/mol. The van der Waals surface area contributed by atoms with Crippen molar-refractivity contribution in [2.45, 2.75) is 93.9 Å². The molecule has 1 unspecified atom stereocenters. The van der Waals surface area contributed by atoms with Crippen LogP contribution in [-0.4, -0.2) is 69.8 Å². The molecule has 2 heterocycles. The molecule has 5 aliphatic rings. The van der Waals surface area contributed by atoms with Crippen molar-refractivity contribution in [2.75, 3.05) is 20.1 Å². The minimum Gasteiger partial charge on any atom is -0.504 e. The van der Waals surface area contributed by atoms with Crippen LogP contribution in [0.3, 0.4) is 0 Å². The fraction of sp³-hybridized carbons (Fsp3) is 0.594. The van der Waals surface area contributed by atoms with Gasteiger partial charge in [-0.2, -0.15) is 0 Å². The second-order valence-electron chi connectivity index (χ2n) is 13.6. The molecule has 0 aromatic heterocycles. The largest absolute Gasteiger partial charge is 0.504 e. The van der Waals surface area contributed by atoms with Crippen LogP contribution in [0.1, 0.15) is 79.9 Å². The van der Waals surface area contributed by atoms with Crippen molar-refractivity contribution in [3.05, 3.63) is 58.7 Å². The van der Waals surface area contributed by atoms with Crippen molar-refractivity contribution in [1.29, 1.82) is 0 Å². The molecule has 2 N–H and O–H groups in total. The molecular formula is C32H40N2O4. The number of likely N-dealkylation sites (N-methyl/N-ethyl adjacent to an activating group) is 1. The van der Waals surface area contributed by atoms with E-state index in [1.807, 2.05) is 42.3 Å². The van der Waals surface area contributed by atoms with Crippen LogP contribution in [0.15, 0.2) is 36.4 Å². The van der Waals surface area contributed by atoms with Gasteiger partial charge in [-0.1, -0.05) is 39.0 Å². The Morgan fingerprint density at radius 1 is 1.11 bits per heavy atom. The van der Waals surface area contributed by atoms with Crippen LogP contribution < -0.4 is 4.74 Å². The zero-order valence-corrected chi connectivity index (χ0v) is 23.0. The number of nitrogens with zero attached hydrogens (tertiary/aromatic N) is 2. The summed E-state index contributed by atoms with van der Waals surface area (Å²) < 4.78 is 6.66. The van der Waals surface area contributed by atoms with E-state index in [-0.39, 0.29) is 29.2 Å². The SMILES string of the molecule is CN(C(=O)c1ccc(C(C)(C)C)cc1)[C@@H]1CC[C@@]2(O)[C@H]3Cc4ccc(O)c5c4C2(CCN3CC2CC2)[C@H]1O5. The summed E-state index contributed by atoms with van der Waals surface area (Å²) in [5.74, 6) is 1.39. The van der Waals surface area contributed by atoms with Gasteiger partial charge in [-0.25, -0.2) is 0 Å². The number of rotatable bonds is 4. The number of carbonyl (C=O) groups is 1. The maximum absolute atomic E-state index is 13.8. The average molecular weight is 517 g/mol. The molecule has 7 rings (SSSR count). The second-order valence-corrected chi connectivity index (χ2v) is 13.6. The molecule has 6 nitrogen and oxygen atoms in total. The highest BCUT2D eigenvalue weighted by Crippen LogP contribution is 2.66. The topological polar surface area (TPSA) is 73.2 Å². The fourth-order valence-electron chi connectivity index (χ4n) is 8.32. The van der Waals surface area contributed by atoms with Crippen LogP contribution in [0, 0.1) is 5.92 Å². The minimum absolute atomic E-state index is 0.0233. The minimum atomic E-state index is -0.939. The van der Waals surface area contributed by atoms with Gasteiger partial charge in [0.2, 0.25) is 0 Å². The summed E-state index contributed by atoms with van der Waals surface area (Å²) >= 11 is 0. The van der Waals surface area contributed by atoms with Gasteiger partial charge in [-0.05, 0) is 85.7 Å². The van der Waals surface area contributed by atoms with Crippen molar-refractivity contribution in [1.82, 2.24) is 9.80 Å². The Balaban J connectivity index is 1.26. The number of phenols is 1. The Morgan fingerprint density at radius 3 is 2.53 bits per heavy atom. The van der Waals surface area contributed by atoms with E-state index in [0.29, 0.717) is 24.2 Å². The first kappa shape index (κ1) is 24.5. The number of hydrogen-bond acceptors (Lipinski definition) is 5. The van der Waals surface area contributed by atoms with Crippen LogP contribution in [0.25, 0.3) is 0 Å². The van der Waals surface area contributed by atoms with Crippen LogP contribution >= 0.6 is 0 Å². The Bertz CT molecular complexity index is 1300. The van der Waals surface area contributed by atoms with Crippen LogP contribution in [-0.2, 0) is 17.3 Å².